The zero-order valence-electron chi connectivity index (χ0n) is 12.6. The first-order chi connectivity index (χ1) is 9.83. The molecular weight excluding hydrogens is 244 g/mol. The molecule has 0 radical (unpaired) electrons. The highest BCUT2D eigenvalue weighted by Crippen LogP contribution is 2.27. The van der Waals surface area contributed by atoms with Gasteiger partial charge in [0.1, 0.15) is 5.75 Å². The average Bonchev–Trinajstić information content (AvgIpc) is 2.47. The Morgan fingerprint density at radius 2 is 1.40 bits per heavy atom. The molecule has 2 rings (SSSR count). The fourth-order valence-electron chi connectivity index (χ4n) is 2.85. The van der Waals surface area contributed by atoms with Gasteiger partial charge in [-0.15, -0.1) is 0 Å². The number of phenolic OH excluding ortho intramolecular Hbond substituents is 1. The molecule has 0 heterocycles. The molecule has 0 aromatic heterocycles. The fourth-order valence-corrected chi connectivity index (χ4v) is 2.85. The van der Waals surface area contributed by atoms with E-state index in [4.69, 9.17) is 0 Å². The van der Waals surface area contributed by atoms with E-state index < -0.39 is 0 Å². The summed E-state index contributed by atoms with van der Waals surface area (Å²) in [7, 11) is 0. The second kappa shape index (κ2) is 7.94. The van der Waals surface area contributed by atoms with Crippen molar-refractivity contribution in [2.75, 3.05) is 0 Å². The summed E-state index contributed by atoms with van der Waals surface area (Å²) < 4.78 is 0. The lowest BCUT2D eigenvalue weighted by atomic mass is 9.98. The van der Waals surface area contributed by atoms with Crippen LogP contribution in [0.25, 0.3) is 10.8 Å². The topological polar surface area (TPSA) is 20.2 Å². The van der Waals surface area contributed by atoms with Crippen LogP contribution in [0.1, 0.15) is 57.4 Å². The molecule has 0 unspecified atom stereocenters. The summed E-state index contributed by atoms with van der Waals surface area (Å²) in [6, 6.07) is 12.1. The van der Waals surface area contributed by atoms with Crippen molar-refractivity contribution in [3.8, 4) is 5.75 Å². The van der Waals surface area contributed by atoms with Crippen LogP contribution in [-0.4, -0.2) is 5.11 Å². The molecule has 0 saturated heterocycles. The molecule has 1 nitrogen and oxygen atoms in total. The summed E-state index contributed by atoms with van der Waals surface area (Å²) in [4.78, 5) is 0. The second-order valence-electron chi connectivity index (χ2n) is 5.66. The highest BCUT2D eigenvalue weighted by molar-refractivity contribution is 5.90. The molecule has 0 amide bonds. The van der Waals surface area contributed by atoms with E-state index in [0.29, 0.717) is 5.75 Å². The van der Waals surface area contributed by atoms with Gasteiger partial charge in [0, 0.05) is 5.39 Å². The van der Waals surface area contributed by atoms with Crippen LogP contribution < -0.4 is 0 Å². The van der Waals surface area contributed by atoms with E-state index >= 15 is 0 Å². The van der Waals surface area contributed by atoms with E-state index in [2.05, 4.69) is 25.1 Å². The number of hydrogen-bond acceptors (Lipinski definition) is 1. The van der Waals surface area contributed by atoms with E-state index in [1.54, 1.807) is 6.07 Å². The SMILES string of the molecule is CCCCCCCCCc1cccc2c(O)cccc12. The zero-order chi connectivity index (χ0) is 14.2. The number of unbranched alkanes of at least 4 members (excludes halogenated alkanes) is 6. The molecule has 0 saturated carbocycles. The highest BCUT2D eigenvalue weighted by atomic mass is 16.3. The minimum atomic E-state index is 0.393. The Bertz CT molecular complexity index is 530. The maximum atomic E-state index is 9.89. The quantitative estimate of drug-likeness (QED) is 0.597. The minimum Gasteiger partial charge on any atom is -0.507 e. The summed E-state index contributed by atoms with van der Waals surface area (Å²) in [5.41, 5.74) is 1.37. The molecule has 0 spiro atoms. The van der Waals surface area contributed by atoms with Gasteiger partial charge in [0.05, 0.1) is 0 Å². The first-order valence-corrected chi connectivity index (χ1v) is 8.02. The normalized spacial score (nSPS) is 11.1. The summed E-state index contributed by atoms with van der Waals surface area (Å²) in [6.07, 6.45) is 10.5. The zero-order valence-corrected chi connectivity index (χ0v) is 12.6. The van der Waals surface area contributed by atoms with Crippen molar-refractivity contribution in [3.05, 3.63) is 42.0 Å². The van der Waals surface area contributed by atoms with Gasteiger partial charge in [0.15, 0.2) is 0 Å². The molecule has 0 fully saturated rings. The van der Waals surface area contributed by atoms with Gasteiger partial charge in [-0.3, -0.25) is 0 Å². The van der Waals surface area contributed by atoms with Gasteiger partial charge in [-0.25, -0.2) is 0 Å². The van der Waals surface area contributed by atoms with Crippen molar-refractivity contribution in [2.45, 2.75) is 58.3 Å². The number of phenols is 1. The van der Waals surface area contributed by atoms with E-state index in [1.807, 2.05) is 12.1 Å². The van der Waals surface area contributed by atoms with Crippen LogP contribution >= 0.6 is 0 Å². The lowest BCUT2D eigenvalue weighted by Crippen LogP contribution is -1.88. The number of benzene rings is 2. The van der Waals surface area contributed by atoms with Gasteiger partial charge in [-0.2, -0.15) is 0 Å². The van der Waals surface area contributed by atoms with Crippen LogP contribution in [-0.2, 0) is 6.42 Å². The molecule has 1 heteroatoms. The predicted molar refractivity (Wildman–Crippen MR) is 87.3 cm³/mol. The third-order valence-electron chi connectivity index (χ3n) is 4.04. The Balaban J connectivity index is 1.86. The summed E-state index contributed by atoms with van der Waals surface area (Å²) >= 11 is 0. The first-order valence-electron chi connectivity index (χ1n) is 8.02. The fraction of sp³-hybridized carbons (Fsp3) is 0.474. The summed E-state index contributed by atoms with van der Waals surface area (Å²) in [5.74, 6) is 0.393. The van der Waals surface area contributed by atoms with Gasteiger partial charge in [0.25, 0.3) is 0 Å². The van der Waals surface area contributed by atoms with Crippen LogP contribution in [0.2, 0.25) is 0 Å². The van der Waals surface area contributed by atoms with Crippen molar-refractivity contribution in [3.63, 3.8) is 0 Å². The predicted octanol–water partition coefficient (Wildman–Crippen LogP) is 5.84. The van der Waals surface area contributed by atoms with E-state index in [0.717, 1.165) is 11.8 Å². The number of aromatic hydroxyl groups is 1. The molecule has 2 aromatic rings. The lowest BCUT2D eigenvalue weighted by molar-refractivity contribution is 0.481. The third-order valence-corrected chi connectivity index (χ3v) is 4.04. The minimum absolute atomic E-state index is 0.393. The monoisotopic (exact) mass is 270 g/mol. The van der Waals surface area contributed by atoms with Crippen LogP contribution in [0.5, 0.6) is 5.75 Å². The Kier molecular flexibility index (Phi) is 5.91. The van der Waals surface area contributed by atoms with Crippen molar-refractivity contribution in [2.24, 2.45) is 0 Å². The van der Waals surface area contributed by atoms with Gasteiger partial charge in [0.2, 0.25) is 0 Å². The first kappa shape index (κ1) is 14.9. The van der Waals surface area contributed by atoms with Crippen LogP contribution in [0.15, 0.2) is 36.4 Å². The number of rotatable bonds is 8. The molecule has 2 aromatic carbocycles. The molecule has 0 aliphatic rings. The maximum Gasteiger partial charge on any atom is 0.123 e. The molecule has 20 heavy (non-hydrogen) atoms. The van der Waals surface area contributed by atoms with Crippen molar-refractivity contribution in [1.29, 1.82) is 0 Å². The molecule has 0 bridgehead atoms. The Labute approximate surface area is 122 Å². The molecule has 108 valence electrons. The van der Waals surface area contributed by atoms with E-state index in [1.165, 1.54) is 55.9 Å². The Hall–Kier alpha value is -1.50. The van der Waals surface area contributed by atoms with Gasteiger partial charge in [-0.1, -0.05) is 75.8 Å². The van der Waals surface area contributed by atoms with E-state index in [9.17, 15) is 5.11 Å². The highest BCUT2D eigenvalue weighted by Gasteiger charge is 2.03. The van der Waals surface area contributed by atoms with Gasteiger partial charge in [-0.05, 0) is 29.9 Å². The molecule has 0 atom stereocenters. The van der Waals surface area contributed by atoms with Gasteiger partial charge < -0.3 is 5.11 Å². The number of aryl methyl sites for hydroxylation is 1. The largest absolute Gasteiger partial charge is 0.507 e. The van der Waals surface area contributed by atoms with Crippen LogP contribution in [0, 0.1) is 0 Å². The van der Waals surface area contributed by atoms with E-state index in [-0.39, 0.29) is 0 Å². The summed E-state index contributed by atoms with van der Waals surface area (Å²) in [6.45, 7) is 2.26. The van der Waals surface area contributed by atoms with Crippen LogP contribution in [0.3, 0.4) is 0 Å². The number of fused-ring (bicyclic) bond motifs is 1. The Morgan fingerprint density at radius 1 is 0.750 bits per heavy atom. The average molecular weight is 270 g/mol. The molecule has 0 aliphatic carbocycles. The summed E-state index contributed by atoms with van der Waals surface area (Å²) in [5, 5.41) is 12.1. The van der Waals surface area contributed by atoms with Crippen LogP contribution in [0.4, 0.5) is 0 Å². The lowest BCUT2D eigenvalue weighted by Gasteiger charge is -2.08. The molecular formula is C19H26O. The van der Waals surface area contributed by atoms with Crippen molar-refractivity contribution >= 4 is 10.8 Å². The van der Waals surface area contributed by atoms with Crippen molar-refractivity contribution in [1.82, 2.24) is 0 Å². The number of hydrogen-bond donors (Lipinski definition) is 1. The smallest absolute Gasteiger partial charge is 0.123 e. The molecule has 0 aliphatic heterocycles. The Morgan fingerprint density at radius 3 is 2.20 bits per heavy atom. The third kappa shape index (κ3) is 4.00. The molecule has 1 N–H and O–H groups in total. The standard InChI is InChI=1S/C19H26O/c1-2-3-4-5-6-7-8-11-16-12-9-14-18-17(16)13-10-15-19(18)20/h9-10,12-15,20H,2-8,11H2,1H3. The second-order valence-corrected chi connectivity index (χ2v) is 5.66. The van der Waals surface area contributed by atoms with Crippen molar-refractivity contribution < 1.29 is 5.11 Å². The maximum absolute atomic E-state index is 9.89. The van der Waals surface area contributed by atoms with Gasteiger partial charge >= 0.3 is 0 Å².